The standard InChI is InChI=1S/C22H37N3O4S/c1-28-21-10-8-20(9-11-21)24-30(26,27)25-15-12-22(13-16-25)29-17-5-3-2-4-14-23-18-19-6-7-19/h8-11,19,22-24H,2-7,12-18H2,1H3. The van der Waals surface area contributed by atoms with Crippen molar-refractivity contribution in [1.82, 2.24) is 9.62 Å². The number of piperidine rings is 1. The minimum atomic E-state index is -3.54. The van der Waals surface area contributed by atoms with Crippen molar-refractivity contribution in [3.8, 4) is 5.75 Å². The van der Waals surface area contributed by atoms with E-state index in [1.807, 2.05) is 0 Å². The molecular formula is C22H37N3O4S. The van der Waals surface area contributed by atoms with E-state index in [4.69, 9.17) is 9.47 Å². The number of hydrogen-bond acceptors (Lipinski definition) is 5. The van der Waals surface area contributed by atoms with E-state index in [0.29, 0.717) is 24.5 Å². The van der Waals surface area contributed by atoms with Crippen LogP contribution in [0.1, 0.15) is 51.4 Å². The van der Waals surface area contributed by atoms with E-state index < -0.39 is 10.2 Å². The maximum atomic E-state index is 12.6. The quantitative estimate of drug-likeness (QED) is 0.434. The Morgan fingerprint density at radius 3 is 2.37 bits per heavy atom. The van der Waals surface area contributed by atoms with Gasteiger partial charge in [0, 0.05) is 19.7 Å². The summed E-state index contributed by atoms with van der Waals surface area (Å²) in [5.41, 5.74) is 0.539. The van der Waals surface area contributed by atoms with Crippen molar-refractivity contribution in [3.05, 3.63) is 24.3 Å². The second-order valence-corrected chi connectivity index (χ2v) is 10.0. The second-order valence-electron chi connectivity index (χ2n) is 8.37. The van der Waals surface area contributed by atoms with E-state index in [-0.39, 0.29) is 6.10 Å². The van der Waals surface area contributed by atoms with Crippen molar-refractivity contribution in [3.63, 3.8) is 0 Å². The third-order valence-corrected chi connectivity index (χ3v) is 7.35. The molecule has 1 aromatic carbocycles. The van der Waals surface area contributed by atoms with Gasteiger partial charge in [-0.2, -0.15) is 12.7 Å². The highest BCUT2D eigenvalue weighted by molar-refractivity contribution is 7.90. The van der Waals surface area contributed by atoms with E-state index in [2.05, 4.69) is 10.0 Å². The molecule has 170 valence electrons. The summed E-state index contributed by atoms with van der Waals surface area (Å²) in [7, 11) is -1.96. The van der Waals surface area contributed by atoms with Crippen LogP contribution in [0.3, 0.4) is 0 Å². The molecule has 0 spiro atoms. The topological polar surface area (TPSA) is 79.9 Å². The molecule has 0 bridgehead atoms. The molecule has 1 saturated carbocycles. The lowest BCUT2D eigenvalue weighted by Crippen LogP contribution is -2.43. The van der Waals surface area contributed by atoms with Crippen LogP contribution in [-0.4, -0.2) is 58.7 Å². The Labute approximate surface area is 181 Å². The minimum absolute atomic E-state index is 0.164. The first-order chi connectivity index (χ1) is 14.6. The monoisotopic (exact) mass is 439 g/mol. The Morgan fingerprint density at radius 2 is 1.70 bits per heavy atom. The van der Waals surface area contributed by atoms with Gasteiger partial charge in [-0.3, -0.25) is 4.72 Å². The number of rotatable bonds is 14. The number of benzene rings is 1. The fourth-order valence-corrected chi connectivity index (χ4v) is 4.95. The molecule has 2 aliphatic rings. The number of unbranched alkanes of at least 4 members (excludes halogenated alkanes) is 3. The zero-order valence-electron chi connectivity index (χ0n) is 18.1. The number of methoxy groups -OCH3 is 1. The van der Waals surface area contributed by atoms with Crippen LogP contribution in [0.5, 0.6) is 5.75 Å². The molecule has 1 heterocycles. The van der Waals surface area contributed by atoms with Crippen molar-refractivity contribution >= 4 is 15.9 Å². The summed E-state index contributed by atoms with van der Waals surface area (Å²) in [6, 6.07) is 6.89. The van der Waals surface area contributed by atoms with Crippen molar-refractivity contribution in [1.29, 1.82) is 0 Å². The third-order valence-electron chi connectivity index (χ3n) is 5.81. The fraction of sp³-hybridized carbons (Fsp3) is 0.727. The Balaban J connectivity index is 1.24. The number of nitrogens with one attached hydrogen (secondary N) is 2. The van der Waals surface area contributed by atoms with Gasteiger partial charge in [0.25, 0.3) is 0 Å². The molecule has 2 fully saturated rings. The number of hydrogen-bond donors (Lipinski definition) is 2. The zero-order valence-corrected chi connectivity index (χ0v) is 19.0. The van der Waals surface area contributed by atoms with E-state index in [0.717, 1.165) is 38.3 Å². The molecule has 30 heavy (non-hydrogen) atoms. The molecule has 3 rings (SSSR count). The van der Waals surface area contributed by atoms with Crippen LogP contribution in [0, 0.1) is 5.92 Å². The lowest BCUT2D eigenvalue weighted by atomic mass is 10.1. The summed E-state index contributed by atoms with van der Waals surface area (Å²) in [5.74, 6) is 1.65. The van der Waals surface area contributed by atoms with Gasteiger partial charge in [-0.25, -0.2) is 0 Å². The van der Waals surface area contributed by atoms with Gasteiger partial charge in [0.1, 0.15) is 5.75 Å². The Hall–Kier alpha value is -1.35. The van der Waals surface area contributed by atoms with Gasteiger partial charge < -0.3 is 14.8 Å². The Bertz CT molecular complexity index is 714. The Morgan fingerprint density at radius 1 is 1.00 bits per heavy atom. The van der Waals surface area contributed by atoms with Gasteiger partial charge in [-0.1, -0.05) is 12.8 Å². The van der Waals surface area contributed by atoms with Crippen molar-refractivity contribution in [2.24, 2.45) is 5.92 Å². The van der Waals surface area contributed by atoms with Crippen LogP contribution >= 0.6 is 0 Å². The van der Waals surface area contributed by atoms with Gasteiger partial charge in [0.05, 0.1) is 18.9 Å². The molecule has 0 atom stereocenters. The third kappa shape index (κ3) is 8.06. The van der Waals surface area contributed by atoms with Crippen LogP contribution in [0.25, 0.3) is 0 Å². The van der Waals surface area contributed by atoms with E-state index in [1.54, 1.807) is 31.4 Å². The molecule has 7 nitrogen and oxygen atoms in total. The lowest BCUT2D eigenvalue weighted by Gasteiger charge is -2.31. The molecule has 2 N–H and O–H groups in total. The fourth-order valence-electron chi connectivity index (χ4n) is 3.70. The van der Waals surface area contributed by atoms with Crippen molar-refractivity contribution in [2.45, 2.75) is 57.5 Å². The summed E-state index contributed by atoms with van der Waals surface area (Å²) in [4.78, 5) is 0. The first kappa shape index (κ1) is 23.3. The molecule has 8 heteroatoms. The smallest absolute Gasteiger partial charge is 0.301 e. The van der Waals surface area contributed by atoms with Crippen molar-refractivity contribution in [2.75, 3.05) is 44.6 Å². The highest BCUT2D eigenvalue weighted by Gasteiger charge is 2.28. The van der Waals surface area contributed by atoms with Gasteiger partial charge in [-0.05, 0) is 81.8 Å². The summed E-state index contributed by atoms with van der Waals surface area (Å²) < 4.78 is 40.4. The van der Waals surface area contributed by atoms with Crippen molar-refractivity contribution < 1.29 is 17.9 Å². The van der Waals surface area contributed by atoms with E-state index >= 15 is 0 Å². The average molecular weight is 440 g/mol. The van der Waals surface area contributed by atoms with Crippen LogP contribution in [-0.2, 0) is 14.9 Å². The first-order valence-electron chi connectivity index (χ1n) is 11.3. The maximum absolute atomic E-state index is 12.6. The summed E-state index contributed by atoms with van der Waals surface area (Å²) >= 11 is 0. The SMILES string of the molecule is COc1ccc(NS(=O)(=O)N2CCC(OCCCCCCNCC3CC3)CC2)cc1. The Kier molecular flexibility index (Phi) is 9.24. The van der Waals surface area contributed by atoms with Gasteiger partial charge in [-0.15, -0.1) is 0 Å². The predicted molar refractivity (Wildman–Crippen MR) is 120 cm³/mol. The van der Waals surface area contributed by atoms with Crippen LogP contribution in [0.2, 0.25) is 0 Å². The lowest BCUT2D eigenvalue weighted by molar-refractivity contribution is 0.0193. The normalized spacial score (nSPS) is 18.4. The number of anilines is 1. The highest BCUT2D eigenvalue weighted by atomic mass is 32.2. The molecule has 1 aliphatic heterocycles. The van der Waals surface area contributed by atoms with Crippen LogP contribution in [0.15, 0.2) is 24.3 Å². The summed E-state index contributed by atoms with van der Waals surface area (Å²) in [6.45, 7) is 4.09. The molecule has 0 radical (unpaired) electrons. The molecule has 1 saturated heterocycles. The minimum Gasteiger partial charge on any atom is -0.497 e. The van der Waals surface area contributed by atoms with Gasteiger partial charge >= 0.3 is 10.2 Å². The molecule has 0 amide bonds. The largest absolute Gasteiger partial charge is 0.497 e. The zero-order chi connectivity index (χ0) is 21.2. The van der Waals surface area contributed by atoms with E-state index in [9.17, 15) is 8.42 Å². The second kappa shape index (κ2) is 11.9. The predicted octanol–water partition coefficient (Wildman–Crippen LogP) is 3.39. The molecule has 0 aromatic heterocycles. The molecule has 0 unspecified atom stereocenters. The van der Waals surface area contributed by atoms with Gasteiger partial charge in [0.15, 0.2) is 0 Å². The first-order valence-corrected chi connectivity index (χ1v) is 12.7. The van der Waals surface area contributed by atoms with Gasteiger partial charge in [0.2, 0.25) is 0 Å². The summed E-state index contributed by atoms with van der Waals surface area (Å²) in [6.07, 6.45) is 9.24. The van der Waals surface area contributed by atoms with Crippen LogP contribution in [0.4, 0.5) is 5.69 Å². The number of nitrogens with zero attached hydrogens (tertiary/aromatic N) is 1. The van der Waals surface area contributed by atoms with E-state index in [1.165, 1.54) is 43.0 Å². The van der Waals surface area contributed by atoms with Crippen LogP contribution < -0.4 is 14.8 Å². The number of ether oxygens (including phenoxy) is 2. The maximum Gasteiger partial charge on any atom is 0.301 e. The molecular weight excluding hydrogens is 402 g/mol. The molecule has 1 aliphatic carbocycles. The summed E-state index contributed by atoms with van der Waals surface area (Å²) in [5, 5.41) is 3.53. The average Bonchev–Trinajstić information content (AvgIpc) is 3.57. The highest BCUT2D eigenvalue weighted by Crippen LogP contribution is 2.27. The molecule has 1 aromatic rings.